The Balaban J connectivity index is 1.80. The molecule has 0 unspecified atom stereocenters. The van der Waals surface area contributed by atoms with Crippen molar-refractivity contribution in [2.24, 2.45) is 5.41 Å². The van der Waals surface area contributed by atoms with Crippen molar-refractivity contribution in [3.63, 3.8) is 0 Å². The van der Waals surface area contributed by atoms with Crippen molar-refractivity contribution in [3.8, 4) is 0 Å². The third-order valence-corrected chi connectivity index (χ3v) is 3.70. The van der Waals surface area contributed by atoms with Crippen LogP contribution in [0.5, 0.6) is 0 Å². The highest BCUT2D eigenvalue weighted by Gasteiger charge is 2.49. The lowest BCUT2D eigenvalue weighted by Gasteiger charge is -2.48. The lowest BCUT2D eigenvalue weighted by Crippen LogP contribution is -2.59. The fourth-order valence-corrected chi connectivity index (χ4v) is 1.98. The number of ether oxygens (including phenoxy) is 6. The van der Waals surface area contributed by atoms with Gasteiger partial charge in [-0.05, 0) is 6.08 Å². The molecule has 2 rings (SSSR count). The Hall–Kier alpha value is -1.03. The molecule has 2 heterocycles. The molecule has 8 nitrogen and oxygen atoms in total. The van der Waals surface area contributed by atoms with Gasteiger partial charge < -0.3 is 33.7 Å². The van der Waals surface area contributed by atoms with E-state index in [1.54, 1.807) is 13.8 Å². The van der Waals surface area contributed by atoms with Gasteiger partial charge in [-0.2, -0.15) is 0 Å². The summed E-state index contributed by atoms with van der Waals surface area (Å²) >= 11 is 0. The Bertz CT molecular complexity index is 407. The van der Waals surface area contributed by atoms with Gasteiger partial charge in [-0.15, -0.1) is 0 Å². The van der Waals surface area contributed by atoms with Gasteiger partial charge in [-0.25, -0.2) is 0 Å². The number of amides is 1. The van der Waals surface area contributed by atoms with Gasteiger partial charge in [0, 0.05) is 21.0 Å². The minimum Gasteiger partial charge on any atom is -0.331 e. The first-order valence-corrected chi connectivity index (χ1v) is 7.00. The summed E-state index contributed by atoms with van der Waals surface area (Å²) in [5.41, 5.74) is -0.398. The molecule has 0 aromatic heterocycles. The van der Waals surface area contributed by atoms with Crippen molar-refractivity contribution in [1.29, 1.82) is 0 Å². The van der Waals surface area contributed by atoms with E-state index in [0.29, 0.717) is 26.4 Å². The summed E-state index contributed by atoms with van der Waals surface area (Å²) in [6.07, 6.45) is 1.16. The number of methoxy groups -OCH3 is 1. The van der Waals surface area contributed by atoms with Crippen LogP contribution in [0.15, 0.2) is 12.7 Å². The maximum atomic E-state index is 11.1. The van der Waals surface area contributed by atoms with Gasteiger partial charge in [0.1, 0.15) is 6.73 Å². The molecule has 0 aliphatic carbocycles. The zero-order valence-corrected chi connectivity index (χ0v) is 13.2. The molecule has 0 radical (unpaired) electrons. The molecule has 0 saturated carbocycles. The molecule has 0 bridgehead atoms. The highest BCUT2D eigenvalue weighted by Crippen LogP contribution is 2.36. The lowest BCUT2D eigenvalue weighted by molar-refractivity contribution is -0.453. The number of nitrogens with one attached hydrogen (secondary N) is 1. The third kappa shape index (κ3) is 4.03. The number of hydrogen-bond acceptors (Lipinski definition) is 7. The Labute approximate surface area is 129 Å². The van der Waals surface area contributed by atoms with E-state index < -0.39 is 17.4 Å². The van der Waals surface area contributed by atoms with E-state index >= 15 is 0 Å². The van der Waals surface area contributed by atoms with E-state index in [1.165, 1.54) is 7.11 Å². The smallest absolute Gasteiger partial charge is 0.281 e. The first-order chi connectivity index (χ1) is 10.3. The summed E-state index contributed by atoms with van der Waals surface area (Å²) < 4.78 is 33.0. The fraction of sp³-hybridized carbons (Fsp3) is 0.786. The van der Waals surface area contributed by atoms with Gasteiger partial charge >= 0.3 is 0 Å². The number of hydrogen-bond donors (Lipinski definition) is 1. The minimum atomic E-state index is -1.22. The zero-order valence-electron chi connectivity index (χ0n) is 13.2. The van der Waals surface area contributed by atoms with Crippen LogP contribution in [0.3, 0.4) is 0 Å². The van der Waals surface area contributed by atoms with E-state index in [2.05, 4.69) is 11.9 Å². The van der Waals surface area contributed by atoms with Crippen molar-refractivity contribution >= 4 is 5.91 Å². The summed E-state index contributed by atoms with van der Waals surface area (Å²) in [7, 11) is 1.52. The second-order valence-corrected chi connectivity index (χ2v) is 5.62. The molecule has 8 heteroatoms. The molecule has 0 atom stereocenters. The second kappa shape index (κ2) is 6.61. The molecule has 2 saturated heterocycles. The highest BCUT2D eigenvalue weighted by atomic mass is 16.9. The molecule has 126 valence electrons. The van der Waals surface area contributed by atoms with E-state index in [1.807, 2.05) is 0 Å². The van der Waals surface area contributed by atoms with E-state index in [-0.39, 0.29) is 12.6 Å². The molecule has 0 aromatic carbocycles. The van der Waals surface area contributed by atoms with Crippen LogP contribution in [-0.2, 0) is 33.2 Å². The predicted molar refractivity (Wildman–Crippen MR) is 74.4 cm³/mol. The Morgan fingerprint density at radius 2 is 1.64 bits per heavy atom. The quantitative estimate of drug-likeness (QED) is 0.578. The van der Waals surface area contributed by atoms with Crippen LogP contribution < -0.4 is 5.32 Å². The van der Waals surface area contributed by atoms with E-state index in [4.69, 9.17) is 28.4 Å². The fourth-order valence-electron chi connectivity index (χ4n) is 1.98. The number of carbonyl (C=O) groups is 1. The van der Waals surface area contributed by atoms with Gasteiger partial charge in [-0.3, -0.25) is 4.79 Å². The summed E-state index contributed by atoms with van der Waals surface area (Å²) in [5, 5.41) is 2.49. The summed E-state index contributed by atoms with van der Waals surface area (Å²) in [6, 6.07) is 0. The molecular formula is C14H23NO7. The summed E-state index contributed by atoms with van der Waals surface area (Å²) in [5.74, 6) is -2.58. The lowest BCUT2D eigenvalue weighted by atomic mass is 9.90. The van der Waals surface area contributed by atoms with Crippen LogP contribution in [0.1, 0.15) is 13.8 Å². The topological polar surface area (TPSA) is 84.5 Å². The molecule has 2 fully saturated rings. The second-order valence-electron chi connectivity index (χ2n) is 5.62. The van der Waals surface area contributed by atoms with Gasteiger partial charge in [0.25, 0.3) is 11.9 Å². The molecule has 22 heavy (non-hydrogen) atoms. The Morgan fingerprint density at radius 1 is 1.14 bits per heavy atom. The van der Waals surface area contributed by atoms with Gasteiger partial charge in [-0.1, -0.05) is 6.58 Å². The van der Waals surface area contributed by atoms with Crippen LogP contribution in [-0.4, -0.2) is 58.1 Å². The molecule has 2 aliphatic rings. The zero-order chi connectivity index (χ0) is 16.3. The Morgan fingerprint density at radius 3 is 2.09 bits per heavy atom. The summed E-state index contributed by atoms with van der Waals surface area (Å²) in [4.78, 5) is 11.1. The SMILES string of the molecule is C=CC(=O)NCOC1(C)OCC2(COC(C)(OC)OC2)CO1. The first kappa shape index (κ1) is 17.3. The largest absolute Gasteiger partial charge is 0.331 e. The Kier molecular flexibility index (Phi) is 5.21. The molecular weight excluding hydrogens is 294 g/mol. The van der Waals surface area contributed by atoms with E-state index in [9.17, 15) is 4.79 Å². The van der Waals surface area contributed by atoms with Gasteiger partial charge in [0.05, 0.1) is 31.8 Å². The summed E-state index contributed by atoms with van der Waals surface area (Å²) in [6.45, 7) is 8.13. The van der Waals surface area contributed by atoms with Crippen LogP contribution in [0.25, 0.3) is 0 Å². The van der Waals surface area contributed by atoms with Crippen molar-refractivity contribution in [2.75, 3.05) is 40.3 Å². The molecule has 1 spiro atoms. The van der Waals surface area contributed by atoms with Crippen LogP contribution in [0, 0.1) is 5.41 Å². The van der Waals surface area contributed by atoms with Gasteiger partial charge in [0.15, 0.2) is 0 Å². The number of rotatable bonds is 5. The molecule has 1 N–H and O–H groups in total. The van der Waals surface area contributed by atoms with Crippen molar-refractivity contribution in [3.05, 3.63) is 12.7 Å². The molecule has 1 amide bonds. The van der Waals surface area contributed by atoms with E-state index in [0.717, 1.165) is 6.08 Å². The predicted octanol–water partition coefficient (Wildman–Crippen LogP) is 0.337. The van der Waals surface area contributed by atoms with Crippen LogP contribution in [0.2, 0.25) is 0 Å². The van der Waals surface area contributed by atoms with Gasteiger partial charge in [0.2, 0.25) is 5.91 Å². The monoisotopic (exact) mass is 317 g/mol. The third-order valence-electron chi connectivity index (χ3n) is 3.70. The normalized spacial score (nSPS) is 38.7. The van der Waals surface area contributed by atoms with Crippen LogP contribution in [0.4, 0.5) is 0 Å². The van der Waals surface area contributed by atoms with Crippen molar-refractivity contribution in [2.45, 2.75) is 25.8 Å². The van der Waals surface area contributed by atoms with Crippen LogP contribution >= 0.6 is 0 Å². The standard InChI is InChI=1S/C14H23NO7/c1-5-11(16)15-10-22-13(3)20-8-14(9-21-13)6-18-12(2,17-4)19-7-14/h5H,1,6-10H2,2-4H3,(H,15,16). The highest BCUT2D eigenvalue weighted by molar-refractivity contribution is 5.86. The average molecular weight is 317 g/mol. The maximum absolute atomic E-state index is 11.1. The maximum Gasteiger partial charge on any atom is 0.281 e. The number of carbonyl (C=O) groups excluding carboxylic acids is 1. The molecule has 0 aromatic rings. The molecule has 2 aliphatic heterocycles. The van der Waals surface area contributed by atoms with Crippen molar-refractivity contribution in [1.82, 2.24) is 5.32 Å². The average Bonchev–Trinajstić information content (AvgIpc) is 2.53. The minimum absolute atomic E-state index is 0.0386. The van der Waals surface area contributed by atoms with Crippen molar-refractivity contribution < 1.29 is 33.2 Å². The first-order valence-electron chi connectivity index (χ1n) is 7.00.